The van der Waals surface area contributed by atoms with E-state index in [0.29, 0.717) is 29.9 Å². The number of hydrogen-bond acceptors (Lipinski definition) is 4. The lowest BCUT2D eigenvalue weighted by Crippen LogP contribution is -2.25. The predicted molar refractivity (Wildman–Crippen MR) is 89.1 cm³/mol. The molecule has 0 saturated carbocycles. The SMILES string of the molecule is Cc1ccc(NC(=O)c2ccc(N3CCCS3(=O)=O)cc2)cn1. The minimum absolute atomic E-state index is 0.176. The van der Waals surface area contributed by atoms with E-state index in [1.54, 1.807) is 36.5 Å². The Hall–Kier alpha value is -2.41. The number of hydrogen-bond donors (Lipinski definition) is 1. The molecule has 0 atom stereocenters. The number of benzene rings is 1. The highest BCUT2D eigenvalue weighted by molar-refractivity contribution is 7.93. The summed E-state index contributed by atoms with van der Waals surface area (Å²) in [6.45, 7) is 2.36. The Morgan fingerprint density at radius 2 is 1.91 bits per heavy atom. The lowest BCUT2D eigenvalue weighted by molar-refractivity contribution is 0.102. The Kier molecular flexibility index (Phi) is 4.04. The van der Waals surface area contributed by atoms with Crippen LogP contribution in [0.4, 0.5) is 11.4 Å². The fourth-order valence-electron chi connectivity index (χ4n) is 2.45. The molecule has 2 aromatic rings. The second-order valence-electron chi connectivity index (χ2n) is 5.43. The van der Waals surface area contributed by atoms with E-state index in [-0.39, 0.29) is 11.7 Å². The number of amides is 1. The topological polar surface area (TPSA) is 79.4 Å². The number of aromatic nitrogens is 1. The van der Waals surface area contributed by atoms with Gasteiger partial charge in [-0.15, -0.1) is 0 Å². The molecule has 1 N–H and O–H groups in total. The number of anilines is 2. The van der Waals surface area contributed by atoms with Crippen molar-refractivity contribution in [3.8, 4) is 0 Å². The van der Waals surface area contributed by atoms with Crippen LogP contribution in [0.3, 0.4) is 0 Å². The number of nitrogens with zero attached hydrogens (tertiary/aromatic N) is 2. The van der Waals surface area contributed by atoms with Gasteiger partial charge in [0.15, 0.2) is 0 Å². The van der Waals surface area contributed by atoms with Crippen LogP contribution in [0.15, 0.2) is 42.6 Å². The van der Waals surface area contributed by atoms with Crippen molar-refractivity contribution in [2.24, 2.45) is 0 Å². The molecule has 0 bridgehead atoms. The average molecular weight is 331 g/mol. The second kappa shape index (κ2) is 6.00. The lowest BCUT2D eigenvalue weighted by Gasteiger charge is -2.17. The summed E-state index contributed by atoms with van der Waals surface area (Å²) in [5.41, 5.74) is 2.55. The van der Waals surface area contributed by atoms with Crippen LogP contribution in [0, 0.1) is 6.92 Å². The summed E-state index contributed by atoms with van der Waals surface area (Å²) in [7, 11) is -3.20. The third-order valence-electron chi connectivity index (χ3n) is 3.69. The highest BCUT2D eigenvalue weighted by Gasteiger charge is 2.28. The molecule has 1 aliphatic heterocycles. The molecule has 0 unspecified atom stereocenters. The smallest absolute Gasteiger partial charge is 0.255 e. The maximum absolute atomic E-state index is 12.2. The highest BCUT2D eigenvalue weighted by atomic mass is 32.2. The van der Waals surface area contributed by atoms with Gasteiger partial charge in [-0.2, -0.15) is 0 Å². The van der Waals surface area contributed by atoms with Gasteiger partial charge in [0.25, 0.3) is 5.91 Å². The summed E-state index contributed by atoms with van der Waals surface area (Å²) in [5, 5.41) is 2.76. The molecule has 1 aromatic carbocycles. The normalized spacial score (nSPS) is 16.3. The largest absolute Gasteiger partial charge is 0.321 e. The Morgan fingerprint density at radius 3 is 2.48 bits per heavy atom. The van der Waals surface area contributed by atoms with Crippen molar-refractivity contribution in [3.05, 3.63) is 53.9 Å². The number of nitrogens with one attached hydrogen (secondary N) is 1. The van der Waals surface area contributed by atoms with Crippen LogP contribution in [0.25, 0.3) is 0 Å². The number of sulfonamides is 1. The van der Waals surface area contributed by atoms with Gasteiger partial charge in [0.05, 0.1) is 23.3 Å². The van der Waals surface area contributed by atoms with Gasteiger partial charge in [0.2, 0.25) is 10.0 Å². The van der Waals surface area contributed by atoms with Crippen LogP contribution < -0.4 is 9.62 Å². The van der Waals surface area contributed by atoms with Crippen molar-refractivity contribution in [2.75, 3.05) is 21.9 Å². The van der Waals surface area contributed by atoms with E-state index in [1.165, 1.54) is 4.31 Å². The number of carbonyl (C=O) groups excluding carboxylic acids is 1. The third kappa shape index (κ3) is 3.34. The zero-order valence-electron chi connectivity index (χ0n) is 12.7. The third-order valence-corrected chi connectivity index (χ3v) is 5.56. The maximum atomic E-state index is 12.2. The van der Waals surface area contributed by atoms with E-state index in [2.05, 4.69) is 10.3 Å². The summed E-state index contributed by atoms with van der Waals surface area (Å²) in [4.78, 5) is 16.3. The van der Waals surface area contributed by atoms with E-state index >= 15 is 0 Å². The van der Waals surface area contributed by atoms with Crippen LogP contribution in [-0.2, 0) is 10.0 Å². The lowest BCUT2D eigenvalue weighted by atomic mass is 10.2. The summed E-state index contributed by atoms with van der Waals surface area (Å²) < 4.78 is 25.2. The Morgan fingerprint density at radius 1 is 1.17 bits per heavy atom. The summed E-state index contributed by atoms with van der Waals surface area (Å²) in [6.07, 6.45) is 2.23. The van der Waals surface area contributed by atoms with Crippen molar-refractivity contribution >= 4 is 27.3 Å². The fraction of sp³-hybridized carbons (Fsp3) is 0.250. The van der Waals surface area contributed by atoms with Gasteiger partial charge in [-0.05, 0) is 49.7 Å². The quantitative estimate of drug-likeness (QED) is 0.935. The molecule has 1 aromatic heterocycles. The molecule has 120 valence electrons. The van der Waals surface area contributed by atoms with Gasteiger partial charge in [0.1, 0.15) is 0 Å². The number of pyridine rings is 1. The maximum Gasteiger partial charge on any atom is 0.255 e. The molecule has 1 amide bonds. The highest BCUT2D eigenvalue weighted by Crippen LogP contribution is 2.24. The molecule has 1 saturated heterocycles. The van der Waals surface area contributed by atoms with Gasteiger partial charge in [-0.25, -0.2) is 8.42 Å². The molecule has 6 nitrogen and oxygen atoms in total. The first-order valence-electron chi connectivity index (χ1n) is 7.30. The van der Waals surface area contributed by atoms with Crippen LogP contribution >= 0.6 is 0 Å². The number of aryl methyl sites for hydroxylation is 1. The minimum Gasteiger partial charge on any atom is -0.321 e. The van der Waals surface area contributed by atoms with E-state index in [9.17, 15) is 13.2 Å². The monoisotopic (exact) mass is 331 g/mol. The first kappa shape index (κ1) is 15.5. The molecular formula is C16H17N3O3S. The van der Waals surface area contributed by atoms with E-state index < -0.39 is 10.0 Å². The molecule has 0 spiro atoms. The molecule has 1 fully saturated rings. The molecule has 23 heavy (non-hydrogen) atoms. The first-order valence-corrected chi connectivity index (χ1v) is 8.91. The van der Waals surface area contributed by atoms with Crippen molar-refractivity contribution in [3.63, 3.8) is 0 Å². The molecule has 0 radical (unpaired) electrons. The van der Waals surface area contributed by atoms with E-state index in [4.69, 9.17) is 0 Å². The number of rotatable bonds is 3. The molecule has 0 aliphatic carbocycles. The Labute approximate surface area is 135 Å². The summed E-state index contributed by atoms with van der Waals surface area (Å²) in [5.74, 6) is -0.0816. The number of carbonyl (C=O) groups is 1. The van der Waals surface area contributed by atoms with Gasteiger partial charge in [-0.3, -0.25) is 14.1 Å². The van der Waals surface area contributed by atoms with Crippen molar-refractivity contribution in [2.45, 2.75) is 13.3 Å². The molecule has 3 rings (SSSR count). The fourth-order valence-corrected chi connectivity index (χ4v) is 4.02. The summed E-state index contributed by atoms with van der Waals surface area (Å²) >= 11 is 0. The Balaban J connectivity index is 1.74. The van der Waals surface area contributed by atoms with Crippen molar-refractivity contribution in [1.82, 2.24) is 4.98 Å². The van der Waals surface area contributed by atoms with E-state index in [0.717, 1.165) is 5.69 Å². The predicted octanol–water partition coefficient (Wildman–Crippen LogP) is 2.18. The van der Waals surface area contributed by atoms with Gasteiger partial charge in [-0.1, -0.05) is 0 Å². The van der Waals surface area contributed by atoms with Crippen LogP contribution in [0.1, 0.15) is 22.5 Å². The van der Waals surface area contributed by atoms with Gasteiger partial charge < -0.3 is 5.32 Å². The standard InChI is InChI=1S/C16H17N3O3S/c1-12-3-6-14(11-17-12)18-16(20)13-4-7-15(8-5-13)19-9-2-10-23(19,21)22/h3-8,11H,2,9-10H2,1H3,(H,18,20). The van der Waals surface area contributed by atoms with Crippen LogP contribution in [-0.4, -0.2) is 31.6 Å². The zero-order valence-corrected chi connectivity index (χ0v) is 13.5. The Bertz CT molecular complexity index is 815. The van der Waals surface area contributed by atoms with Crippen LogP contribution in [0.5, 0.6) is 0 Å². The first-order chi connectivity index (χ1) is 11.0. The van der Waals surface area contributed by atoms with Crippen LogP contribution in [0.2, 0.25) is 0 Å². The average Bonchev–Trinajstić information content (AvgIpc) is 2.89. The van der Waals surface area contributed by atoms with Crippen molar-refractivity contribution < 1.29 is 13.2 Å². The summed E-state index contributed by atoms with van der Waals surface area (Å²) in [6, 6.07) is 10.2. The molecule has 1 aliphatic rings. The molecule has 7 heteroatoms. The second-order valence-corrected chi connectivity index (χ2v) is 7.44. The van der Waals surface area contributed by atoms with Gasteiger partial charge in [0, 0.05) is 17.8 Å². The van der Waals surface area contributed by atoms with Crippen molar-refractivity contribution in [1.29, 1.82) is 0 Å². The van der Waals surface area contributed by atoms with E-state index in [1.807, 2.05) is 13.0 Å². The minimum atomic E-state index is -3.20. The zero-order chi connectivity index (χ0) is 16.4. The molecule has 2 heterocycles. The molecular weight excluding hydrogens is 314 g/mol. The van der Waals surface area contributed by atoms with Gasteiger partial charge >= 0.3 is 0 Å².